The minimum atomic E-state index is -0.778. The maximum Gasteiger partial charge on any atom is 0.410 e. The Hall–Kier alpha value is -3.60. The number of pyridine rings is 2. The fourth-order valence-electron chi connectivity index (χ4n) is 4.68. The molecule has 0 unspecified atom stereocenters. The Kier molecular flexibility index (Phi) is 7.66. The van der Waals surface area contributed by atoms with Crippen LogP contribution in [0.4, 0.5) is 15.0 Å². The largest absolute Gasteiger partial charge is 0.444 e. The molecule has 0 radical (unpaired) electrons. The molecular weight excluding hydrogens is 527 g/mol. The van der Waals surface area contributed by atoms with Crippen LogP contribution in [-0.2, 0) is 4.74 Å². The van der Waals surface area contributed by atoms with Gasteiger partial charge in [-0.25, -0.2) is 23.5 Å². The van der Waals surface area contributed by atoms with Crippen LogP contribution in [0.1, 0.15) is 70.4 Å². The van der Waals surface area contributed by atoms with Gasteiger partial charge in [-0.1, -0.05) is 25.4 Å². The van der Waals surface area contributed by atoms with Gasteiger partial charge >= 0.3 is 11.8 Å². The van der Waals surface area contributed by atoms with Crippen molar-refractivity contribution < 1.29 is 18.7 Å². The quantitative estimate of drug-likeness (QED) is 0.333. The first kappa shape index (κ1) is 28.4. The molecule has 1 aliphatic heterocycles. The zero-order valence-corrected chi connectivity index (χ0v) is 23.8. The molecule has 0 aliphatic carbocycles. The summed E-state index contributed by atoms with van der Waals surface area (Å²) < 4.78 is 21.5. The first-order valence-corrected chi connectivity index (χ1v) is 13.1. The number of hydrogen-bond acceptors (Lipinski definition) is 8. The minimum absolute atomic E-state index is 0.0515. The smallest absolute Gasteiger partial charge is 0.410 e. The van der Waals surface area contributed by atoms with Crippen molar-refractivity contribution in [1.82, 2.24) is 24.4 Å². The Balaban J connectivity index is 1.89. The summed E-state index contributed by atoms with van der Waals surface area (Å²) in [5.74, 6) is -0.999. The number of carbonyl (C=O) groups is 2. The molecular formula is C27H32ClFN6O4. The average molecular weight is 559 g/mol. The summed E-state index contributed by atoms with van der Waals surface area (Å²) in [5.41, 5.74) is -0.313. The molecule has 4 heterocycles. The number of rotatable bonds is 4. The molecule has 3 aromatic rings. The number of halogens is 2. The van der Waals surface area contributed by atoms with Crippen LogP contribution in [0.3, 0.4) is 0 Å². The minimum Gasteiger partial charge on any atom is -0.444 e. The number of ether oxygens (including phenoxy) is 1. The van der Waals surface area contributed by atoms with E-state index in [4.69, 9.17) is 16.3 Å². The van der Waals surface area contributed by atoms with Crippen molar-refractivity contribution in [3.8, 4) is 5.69 Å². The first-order chi connectivity index (χ1) is 18.2. The lowest BCUT2D eigenvalue weighted by molar-refractivity contribution is 0.0218. The fraction of sp³-hybridized carbons (Fsp3) is 0.481. The predicted octanol–water partition coefficient (Wildman–Crippen LogP) is 4.74. The van der Waals surface area contributed by atoms with Crippen molar-refractivity contribution in [3.63, 3.8) is 0 Å². The van der Waals surface area contributed by atoms with Gasteiger partial charge in [0.05, 0.1) is 16.8 Å². The third-order valence-corrected chi connectivity index (χ3v) is 6.68. The van der Waals surface area contributed by atoms with E-state index >= 15 is 0 Å². The van der Waals surface area contributed by atoms with E-state index in [1.165, 1.54) is 29.8 Å². The number of nitrogens with zero attached hydrogens (tertiary/aromatic N) is 6. The van der Waals surface area contributed by atoms with Gasteiger partial charge in [-0.3, -0.25) is 9.78 Å². The second-order valence-electron chi connectivity index (χ2n) is 11.0. The Labute approximate surface area is 230 Å². The summed E-state index contributed by atoms with van der Waals surface area (Å²) >= 11 is 6.10. The van der Waals surface area contributed by atoms with Gasteiger partial charge in [0.2, 0.25) is 0 Å². The third-order valence-electron chi connectivity index (χ3n) is 6.41. The van der Waals surface area contributed by atoms with E-state index in [1.54, 1.807) is 25.7 Å². The second kappa shape index (κ2) is 10.5. The molecule has 1 fully saturated rings. The number of carbonyl (C=O) groups excluding carboxylic acids is 2. The van der Waals surface area contributed by atoms with Crippen LogP contribution in [-0.4, -0.2) is 67.6 Å². The molecule has 3 aromatic heterocycles. The van der Waals surface area contributed by atoms with Gasteiger partial charge in [-0.15, -0.1) is 0 Å². The number of hydrogen-bond donors (Lipinski definition) is 0. The zero-order chi connectivity index (χ0) is 28.8. The third kappa shape index (κ3) is 5.59. The molecule has 208 valence electrons. The number of anilines is 1. The molecule has 1 atom stereocenters. The molecule has 0 bridgehead atoms. The molecule has 0 saturated carbocycles. The molecule has 12 heteroatoms. The van der Waals surface area contributed by atoms with Gasteiger partial charge in [0, 0.05) is 37.4 Å². The highest BCUT2D eigenvalue weighted by Crippen LogP contribution is 2.32. The Bertz CT molecular complexity index is 1520. The lowest BCUT2D eigenvalue weighted by Gasteiger charge is -2.41. The van der Waals surface area contributed by atoms with Crippen LogP contribution in [0.25, 0.3) is 16.7 Å². The highest BCUT2D eigenvalue weighted by Gasteiger charge is 2.33. The SMILES string of the molecule is CC(=O)c1ccnc(C(C)C)c1-n1c(=O)nc(N2CCN(C(=O)OC(C)(C)C)C[C@@H]2C)c2cc(F)c(Cl)nc21. The van der Waals surface area contributed by atoms with Crippen LogP contribution < -0.4 is 10.6 Å². The highest BCUT2D eigenvalue weighted by atomic mass is 35.5. The average Bonchev–Trinajstić information content (AvgIpc) is 2.83. The Morgan fingerprint density at radius 3 is 2.49 bits per heavy atom. The normalized spacial score (nSPS) is 16.2. The van der Waals surface area contributed by atoms with Crippen molar-refractivity contribution >= 4 is 40.3 Å². The second-order valence-corrected chi connectivity index (χ2v) is 11.3. The predicted molar refractivity (Wildman–Crippen MR) is 147 cm³/mol. The van der Waals surface area contributed by atoms with Gasteiger partial charge in [0.25, 0.3) is 0 Å². The number of ketones is 1. The summed E-state index contributed by atoms with van der Waals surface area (Å²) in [6.45, 7) is 13.4. The van der Waals surface area contributed by atoms with Crippen LogP contribution in [0, 0.1) is 5.82 Å². The van der Waals surface area contributed by atoms with Crippen LogP contribution >= 0.6 is 11.6 Å². The molecule has 4 rings (SSSR count). The van der Waals surface area contributed by atoms with Gasteiger partial charge in [-0.2, -0.15) is 4.98 Å². The summed E-state index contributed by atoms with van der Waals surface area (Å²) in [7, 11) is 0. The maximum atomic E-state index is 14.8. The molecule has 1 saturated heterocycles. The fourth-order valence-corrected chi connectivity index (χ4v) is 4.82. The van der Waals surface area contributed by atoms with E-state index in [1.807, 2.05) is 25.7 Å². The number of amides is 1. The van der Waals surface area contributed by atoms with Crippen LogP contribution in [0.15, 0.2) is 23.1 Å². The van der Waals surface area contributed by atoms with Gasteiger partial charge in [-0.05, 0) is 52.7 Å². The molecule has 10 nitrogen and oxygen atoms in total. The summed E-state index contributed by atoms with van der Waals surface area (Å²) in [6, 6.07) is 2.43. The van der Waals surface area contributed by atoms with E-state index in [9.17, 15) is 18.8 Å². The summed E-state index contributed by atoms with van der Waals surface area (Å²) in [4.78, 5) is 55.4. The number of aromatic nitrogens is 4. The monoisotopic (exact) mass is 558 g/mol. The number of piperazine rings is 1. The molecule has 0 N–H and O–H groups in total. The molecule has 39 heavy (non-hydrogen) atoms. The first-order valence-electron chi connectivity index (χ1n) is 12.7. The van der Waals surface area contributed by atoms with Gasteiger partial charge < -0.3 is 14.5 Å². The standard InChI is InChI=1S/C27H32ClFN6O4/c1-14(2)20-21(17(16(4)36)8-9-30-20)35-24-18(12-19(29)22(28)31-24)23(32-25(35)37)34-11-10-33(13-15(34)3)26(38)39-27(5,6)7/h8-9,12,14-15H,10-11,13H2,1-7H3/t15-/m0/s1. The van der Waals surface area contributed by atoms with Crippen molar-refractivity contribution in [2.75, 3.05) is 24.5 Å². The Morgan fingerprint density at radius 2 is 1.90 bits per heavy atom. The van der Waals surface area contributed by atoms with Crippen molar-refractivity contribution in [2.24, 2.45) is 0 Å². The van der Waals surface area contributed by atoms with E-state index < -0.39 is 28.4 Å². The van der Waals surface area contributed by atoms with Crippen LogP contribution in [0.5, 0.6) is 0 Å². The van der Waals surface area contributed by atoms with Crippen molar-refractivity contribution in [2.45, 2.75) is 66.0 Å². The topological polar surface area (TPSA) is 111 Å². The van der Waals surface area contributed by atoms with Gasteiger partial charge in [0.1, 0.15) is 11.4 Å². The maximum absolute atomic E-state index is 14.8. The molecule has 1 amide bonds. The van der Waals surface area contributed by atoms with Gasteiger partial charge in [0.15, 0.2) is 22.4 Å². The number of Topliss-reactive ketones (excluding diaryl/α,β-unsaturated/α-hetero) is 1. The van der Waals surface area contributed by atoms with Crippen LogP contribution in [0.2, 0.25) is 5.15 Å². The van der Waals surface area contributed by atoms with Crippen molar-refractivity contribution in [1.29, 1.82) is 0 Å². The van der Waals surface area contributed by atoms with E-state index in [0.29, 0.717) is 25.3 Å². The lowest BCUT2D eigenvalue weighted by atomic mass is 10.0. The van der Waals surface area contributed by atoms with E-state index in [0.717, 1.165) is 0 Å². The van der Waals surface area contributed by atoms with E-state index in [-0.39, 0.29) is 45.8 Å². The lowest BCUT2D eigenvalue weighted by Crippen LogP contribution is -2.55. The van der Waals surface area contributed by atoms with Crippen molar-refractivity contribution in [3.05, 3.63) is 51.0 Å². The molecule has 0 aromatic carbocycles. The number of fused-ring (bicyclic) bond motifs is 1. The van der Waals surface area contributed by atoms with E-state index in [2.05, 4.69) is 15.0 Å². The molecule has 1 aliphatic rings. The highest BCUT2D eigenvalue weighted by molar-refractivity contribution is 6.30. The molecule has 0 spiro atoms. The summed E-state index contributed by atoms with van der Waals surface area (Å²) in [5, 5.41) is -0.183. The zero-order valence-electron chi connectivity index (χ0n) is 23.1. The summed E-state index contributed by atoms with van der Waals surface area (Å²) in [6.07, 6.45) is 1.08. The Morgan fingerprint density at radius 1 is 1.21 bits per heavy atom.